The van der Waals surface area contributed by atoms with Crippen molar-refractivity contribution < 1.29 is 0 Å². The number of hydrogen-bond acceptors (Lipinski definition) is 4. The van der Waals surface area contributed by atoms with Crippen molar-refractivity contribution in [2.45, 2.75) is 19.4 Å². The van der Waals surface area contributed by atoms with Crippen molar-refractivity contribution in [3.8, 4) is 0 Å². The topological polar surface area (TPSA) is 54.8 Å². The molecule has 94 valence electrons. The first-order valence-corrected chi connectivity index (χ1v) is 6.63. The second-order valence-corrected chi connectivity index (χ2v) is 5.32. The minimum absolute atomic E-state index is 0.525. The van der Waals surface area contributed by atoms with Gasteiger partial charge in [0.1, 0.15) is 5.82 Å². The summed E-state index contributed by atoms with van der Waals surface area (Å²) in [6.45, 7) is 5.22. The van der Waals surface area contributed by atoms with E-state index in [-0.39, 0.29) is 0 Å². The maximum absolute atomic E-state index is 4.71. The van der Waals surface area contributed by atoms with Crippen LogP contribution in [0.5, 0.6) is 0 Å². The van der Waals surface area contributed by atoms with Gasteiger partial charge in [-0.25, -0.2) is 9.67 Å². The summed E-state index contributed by atoms with van der Waals surface area (Å²) in [5.74, 6) is 1.79. The number of aromatic nitrogens is 3. The van der Waals surface area contributed by atoms with Crippen molar-refractivity contribution in [2.75, 3.05) is 25.0 Å². The third-order valence-electron chi connectivity index (χ3n) is 4.11. The molecule has 2 atom stereocenters. The van der Waals surface area contributed by atoms with E-state index in [2.05, 4.69) is 32.4 Å². The van der Waals surface area contributed by atoms with Crippen molar-refractivity contribution in [3.63, 3.8) is 0 Å². The highest BCUT2D eigenvalue weighted by Gasteiger charge is 2.33. The van der Waals surface area contributed by atoms with Gasteiger partial charge in [0.2, 0.25) is 0 Å². The van der Waals surface area contributed by atoms with Crippen LogP contribution in [0.2, 0.25) is 0 Å². The Labute approximate surface area is 106 Å². The average molecular weight is 243 g/mol. The van der Waals surface area contributed by atoms with Gasteiger partial charge in [-0.1, -0.05) is 0 Å². The van der Waals surface area contributed by atoms with Gasteiger partial charge in [-0.2, -0.15) is 5.10 Å². The number of piperidine rings is 1. The Morgan fingerprint density at radius 1 is 1.33 bits per heavy atom. The molecular formula is C13H17N5. The number of hydrogen-bond donors (Lipinski definition) is 2. The van der Waals surface area contributed by atoms with E-state index in [4.69, 9.17) is 5.10 Å². The van der Waals surface area contributed by atoms with Gasteiger partial charge in [-0.3, -0.25) is 0 Å². The lowest BCUT2D eigenvalue weighted by Gasteiger charge is -2.37. The fourth-order valence-electron chi connectivity index (χ4n) is 3.16. The monoisotopic (exact) mass is 243 g/mol. The second-order valence-electron chi connectivity index (χ2n) is 5.32. The summed E-state index contributed by atoms with van der Waals surface area (Å²) >= 11 is 0. The summed E-state index contributed by atoms with van der Waals surface area (Å²) in [6.07, 6.45) is 1.16. The number of rotatable bonds is 0. The van der Waals surface area contributed by atoms with Crippen LogP contribution in [0, 0.1) is 12.8 Å². The fourth-order valence-corrected chi connectivity index (χ4v) is 3.16. The Hall–Kier alpha value is -1.62. The lowest BCUT2D eigenvalue weighted by Crippen LogP contribution is -2.44. The highest BCUT2D eigenvalue weighted by molar-refractivity contribution is 5.88. The van der Waals surface area contributed by atoms with E-state index in [0.29, 0.717) is 12.0 Å². The molecule has 0 radical (unpaired) electrons. The zero-order valence-electron chi connectivity index (χ0n) is 10.5. The summed E-state index contributed by atoms with van der Waals surface area (Å²) < 4.78 is 2.17. The van der Waals surface area contributed by atoms with E-state index < -0.39 is 0 Å². The Morgan fingerprint density at radius 2 is 2.28 bits per heavy atom. The van der Waals surface area contributed by atoms with Gasteiger partial charge in [0.25, 0.3) is 0 Å². The molecule has 2 aliphatic heterocycles. The van der Waals surface area contributed by atoms with E-state index in [1.807, 2.05) is 6.92 Å². The highest BCUT2D eigenvalue weighted by atomic mass is 15.4. The first-order chi connectivity index (χ1) is 8.83. The summed E-state index contributed by atoms with van der Waals surface area (Å²) in [5, 5.41) is 12.8. The van der Waals surface area contributed by atoms with E-state index in [1.165, 1.54) is 0 Å². The van der Waals surface area contributed by atoms with Crippen molar-refractivity contribution in [3.05, 3.63) is 17.8 Å². The number of fused-ring (bicyclic) bond motifs is 5. The number of pyridine rings is 1. The van der Waals surface area contributed by atoms with Crippen molar-refractivity contribution in [2.24, 2.45) is 5.92 Å². The van der Waals surface area contributed by atoms with Gasteiger partial charge in [0.05, 0.1) is 11.4 Å². The van der Waals surface area contributed by atoms with Crippen molar-refractivity contribution in [1.29, 1.82) is 0 Å². The lowest BCUT2D eigenvalue weighted by molar-refractivity contribution is 0.238. The third kappa shape index (κ3) is 1.37. The standard InChI is InChI=1S/C13H17N5/c1-8-2-3-10-12(16-8)17-18-11-4-5-14-6-9(11)7-15-13(10)18/h2-3,9,11,14-15H,4-7H2,1H3. The SMILES string of the molecule is Cc1ccc2c3n(nc2n1)C1CCNCC1CN3. The zero-order valence-corrected chi connectivity index (χ0v) is 10.5. The molecule has 2 aliphatic rings. The van der Waals surface area contributed by atoms with E-state index in [9.17, 15) is 0 Å². The molecule has 18 heavy (non-hydrogen) atoms. The molecule has 5 nitrogen and oxygen atoms in total. The van der Waals surface area contributed by atoms with Crippen LogP contribution in [0.3, 0.4) is 0 Å². The van der Waals surface area contributed by atoms with E-state index in [1.54, 1.807) is 0 Å². The van der Waals surface area contributed by atoms with Crippen LogP contribution in [-0.4, -0.2) is 34.4 Å². The Balaban J connectivity index is 1.89. The Kier molecular flexibility index (Phi) is 2.11. The molecular weight excluding hydrogens is 226 g/mol. The number of nitrogens with zero attached hydrogens (tertiary/aromatic N) is 3. The van der Waals surface area contributed by atoms with Gasteiger partial charge in [-0.15, -0.1) is 0 Å². The summed E-state index contributed by atoms with van der Waals surface area (Å²) in [5.41, 5.74) is 1.90. The van der Waals surface area contributed by atoms with Crippen LogP contribution in [0.1, 0.15) is 18.2 Å². The smallest absolute Gasteiger partial charge is 0.183 e. The second kappa shape index (κ2) is 3.68. The van der Waals surface area contributed by atoms with Crippen molar-refractivity contribution in [1.82, 2.24) is 20.1 Å². The normalized spacial score (nSPS) is 26.5. The lowest BCUT2D eigenvalue weighted by atomic mass is 9.92. The number of nitrogens with one attached hydrogen (secondary N) is 2. The number of aryl methyl sites for hydroxylation is 1. The van der Waals surface area contributed by atoms with Crippen molar-refractivity contribution >= 4 is 16.9 Å². The molecule has 1 fully saturated rings. The molecule has 2 unspecified atom stereocenters. The summed E-state index contributed by atoms with van der Waals surface area (Å²) in [7, 11) is 0. The fraction of sp³-hybridized carbons (Fsp3) is 0.538. The van der Waals surface area contributed by atoms with Crippen LogP contribution in [-0.2, 0) is 0 Å². The van der Waals surface area contributed by atoms with Crippen LogP contribution >= 0.6 is 0 Å². The van der Waals surface area contributed by atoms with Gasteiger partial charge in [-0.05, 0) is 32.0 Å². The van der Waals surface area contributed by atoms with Gasteiger partial charge < -0.3 is 10.6 Å². The minimum atomic E-state index is 0.525. The maximum atomic E-state index is 4.71. The summed E-state index contributed by atoms with van der Waals surface area (Å²) in [6, 6.07) is 4.71. The molecule has 2 aromatic rings. The molecule has 1 saturated heterocycles. The van der Waals surface area contributed by atoms with Crippen LogP contribution in [0.25, 0.3) is 11.0 Å². The highest BCUT2D eigenvalue weighted by Crippen LogP contribution is 2.35. The molecule has 2 aromatic heterocycles. The molecule has 4 heterocycles. The van der Waals surface area contributed by atoms with E-state index in [0.717, 1.165) is 48.6 Å². The molecule has 0 spiro atoms. The first-order valence-electron chi connectivity index (χ1n) is 6.63. The van der Waals surface area contributed by atoms with Gasteiger partial charge in [0, 0.05) is 24.7 Å². The largest absolute Gasteiger partial charge is 0.369 e. The predicted octanol–water partition coefficient (Wildman–Crippen LogP) is 1.32. The summed E-state index contributed by atoms with van der Waals surface area (Å²) in [4.78, 5) is 4.53. The number of anilines is 1. The zero-order chi connectivity index (χ0) is 12.1. The first kappa shape index (κ1) is 10.3. The van der Waals surface area contributed by atoms with Crippen LogP contribution in [0.4, 0.5) is 5.82 Å². The average Bonchev–Trinajstić information content (AvgIpc) is 2.76. The molecule has 4 rings (SSSR count). The molecule has 0 saturated carbocycles. The Morgan fingerprint density at radius 3 is 3.22 bits per heavy atom. The minimum Gasteiger partial charge on any atom is -0.369 e. The molecule has 0 aliphatic carbocycles. The molecule has 2 N–H and O–H groups in total. The van der Waals surface area contributed by atoms with E-state index >= 15 is 0 Å². The van der Waals surface area contributed by atoms with Crippen LogP contribution < -0.4 is 10.6 Å². The maximum Gasteiger partial charge on any atom is 0.183 e. The molecule has 5 heteroatoms. The predicted molar refractivity (Wildman–Crippen MR) is 70.8 cm³/mol. The van der Waals surface area contributed by atoms with Gasteiger partial charge in [0.15, 0.2) is 5.65 Å². The molecule has 0 aromatic carbocycles. The molecule has 0 bridgehead atoms. The third-order valence-corrected chi connectivity index (χ3v) is 4.11. The Bertz CT molecular complexity index is 603. The molecule has 0 amide bonds. The quantitative estimate of drug-likeness (QED) is 0.732. The van der Waals surface area contributed by atoms with Crippen LogP contribution in [0.15, 0.2) is 12.1 Å². The van der Waals surface area contributed by atoms with Gasteiger partial charge >= 0.3 is 0 Å².